The summed E-state index contributed by atoms with van der Waals surface area (Å²) in [6.07, 6.45) is 0.558. The van der Waals surface area contributed by atoms with Crippen molar-refractivity contribution in [1.29, 1.82) is 0 Å². The molecule has 74 valence electrons. The highest BCUT2D eigenvalue weighted by molar-refractivity contribution is 6.03. The smallest absolute Gasteiger partial charge is 0.246 e. The number of piperazine rings is 1. The predicted molar refractivity (Wildman–Crippen MR) is 46.1 cm³/mol. The van der Waals surface area contributed by atoms with Gasteiger partial charge in [0.15, 0.2) is 0 Å². The maximum Gasteiger partial charge on any atom is 0.246 e. The van der Waals surface area contributed by atoms with Crippen molar-refractivity contribution in [2.24, 2.45) is 0 Å². The van der Waals surface area contributed by atoms with Gasteiger partial charge in [0.05, 0.1) is 12.1 Å². The number of nitrogens with one attached hydrogen (secondary N) is 2. The molecule has 1 fully saturated rings. The molecule has 2 N–H and O–H groups in total. The number of carbonyl (C=O) groups is 2. The van der Waals surface area contributed by atoms with Crippen LogP contribution >= 0.6 is 0 Å². The molecule has 1 atom stereocenters. The fraction of sp³-hybridized carbons (Fsp3) is 0.750. The summed E-state index contributed by atoms with van der Waals surface area (Å²) in [4.78, 5) is 22.2. The topological polar surface area (TPSA) is 67.4 Å². The minimum Gasteiger partial charge on any atom is -0.385 e. The Morgan fingerprint density at radius 2 is 2.23 bits per heavy atom. The lowest BCUT2D eigenvalue weighted by Crippen LogP contribution is -2.64. The molecule has 1 aliphatic heterocycles. The zero-order valence-electron chi connectivity index (χ0n) is 7.85. The first-order valence-electron chi connectivity index (χ1n) is 4.17. The molecule has 0 saturated carbocycles. The number of amides is 2. The van der Waals surface area contributed by atoms with E-state index in [2.05, 4.69) is 10.6 Å². The quantitative estimate of drug-likeness (QED) is 0.556. The van der Waals surface area contributed by atoms with Crippen molar-refractivity contribution in [3.05, 3.63) is 0 Å². The molecule has 1 rings (SSSR count). The minimum atomic E-state index is -0.677. The molecule has 0 radical (unpaired) electrons. The maximum atomic E-state index is 11.4. The molecule has 2 amide bonds. The van der Waals surface area contributed by atoms with Crippen LogP contribution in [-0.4, -0.2) is 37.6 Å². The van der Waals surface area contributed by atoms with E-state index in [0.29, 0.717) is 13.0 Å². The SMILES string of the molecule is COCCC1(C)NCC(=O)NC1=O. The van der Waals surface area contributed by atoms with Crippen LogP contribution in [-0.2, 0) is 14.3 Å². The van der Waals surface area contributed by atoms with Crippen LogP contribution in [0.15, 0.2) is 0 Å². The summed E-state index contributed by atoms with van der Waals surface area (Å²) in [5.41, 5.74) is -0.677. The summed E-state index contributed by atoms with van der Waals surface area (Å²) in [7, 11) is 1.58. The van der Waals surface area contributed by atoms with Crippen LogP contribution in [0.3, 0.4) is 0 Å². The highest BCUT2D eigenvalue weighted by Gasteiger charge is 2.37. The van der Waals surface area contributed by atoms with Gasteiger partial charge < -0.3 is 4.74 Å². The van der Waals surface area contributed by atoms with Crippen molar-refractivity contribution in [2.45, 2.75) is 18.9 Å². The number of hydrogen-bond donors (Lipinski definition) is 2. The fourth-order valence-electron chi connectivity index (χ4n) is 1.17. The van der Waals surface area contributed by atoms with Gasteiger partial charge in [-0.3, -0.25) is 20.2 Å². The summed E-state index contributed by atoms with van der Waals surface area (Å²) in [6.45, 7) is 2.44. The number of imide groups is 1. The van der Waals surface area contributed by atoms with E-state index >= 15 is 0 Å². The molecule has 13 heavy (non-hydrogen) atoms. The number of hydrogen-bond acceptors (Lipinski definition) is 4. The number of methoxy groups -OCH3 is 1. The first-order valence-corrected chi connectivity index (χ1v) is 4.17. The molecule has 5 heteroatoms. The Morgan fingerprint density at radius 3 is 2.77 bits per heavy atom. The molecule has 0 aromatic rings. The maximum absolute atomic E-state index is 11.4. The number of carbonyl (C=O) groups excluding carboxylic acids is 2. The van der Waals surface area contributed by atoms with Crippen LogP contribution < -0.4 is 10.6 Å². The Kier molecular flexibility index (Phi) is 3.00. The van der Waals surface area contributed by atoms with Crippen molar-refractivity contribution in [1.82, 2.24) is 10.6 Å². The Hall–Kier alpha value is -0.940. The van der Waals surface area contributed by atoms with Crippen LogP contribution in [0.5, 0.6) is 0 Å². The Bertz CT molecular complexity index is 229. The van der Waals surface area contributed by atoms with Crippen molar-refractivity contribution < 1.29 is 14.3 Å². The zero-order chi connectivity index (χ0) is 9.90. The summed E-state index contributed by atoms with van der Waals surface area (Å²) >= 11 is 0. The highest BCUT2D eigenvalue weighted by Crippen LogP contribution is 2.12. The predicted octanol–water partition coefficient (Wildman–Crippen LogP) is -0.972. The molecule has 1 saturated heterocycles. The zero-order valence-corrected chi connectivity index (χ0v) is 7.85. The van der Waals surface area contributed by atoms with E-state index in [4.69, 9.17) is 4.74 Å². The molecular formula is C8H14N2O3. The normalized spacial score (nSPS) is 28.8. The number of rotatable bonds is 3. The van der Waals surface area contributed by atoms with Crippen molar-refractivity contribution in [2.75, 3.05) is 20.3 Å². The van der Waals surface area contributed by atoms with Crippen LogP contribution in [0, 0.1) is 0 Å². The Balaban J connectivity index is 2.56. The summed E-state index contributed by atoms with van der Waals surface area (Å²) in [5.74, 6) is -0.555. The van der Waals surface area contributed by atoms with Crippen LogP contribution in [0.2, 0.25) is 0 Å². The van der Waals surface area contributed by atoms with Crippen LogP contribution in [0.25, 0.3) is 0 Å². The minimum absolute atomic E-state index is 0.186. The van der Waals surface area contributed by atoms with Gasteiger partial charge in [-0.25, -0.2) is 0 Å². The lowest BCUT2D eigenvalue weighted by atomic mass is 9.95. The van der Waals surface area contributed by atoms with Gasteiger partial charge >= 0.3 is 0 Å². The molecule has 0 spiro atoms. The van der Waals surface area contributed by atoms with Gasteiger partial charge in [-0.1, -0.05) is 0 Å². The molecule has 1 unspecified atom stereocenters. The van der Waals surface area contributed by atoms with E-state index in [1.165, 1.54) is 0 Å². The first kappa shape index (κ1) is 10.1. The third-order valence-electron chi connectivity index (χ3n) is 2.20. The molecule has 1 aliphatic rings. The molecule has 0 aliphatic carbocycles. The van der Waals surface area contributed by atoms with E-state index in [1.807, 2.05) is 0 Å². The van der Waals surface area contributed by atoms with Gasteiger partial charge in [0, 0.05) is 13.7 Å². The average Bonchev–Trinajstić information content (AvgIpc) is 2.09. The van der Waals surface area contributed by atoms with Crippen molar-refractivity contribution >= 4 is 11.8 Å². The van der Waals surface area contributed by atoms with Crippen molar-refractivity contribution in [3.63, 3.8) is 0 Å². The molecule has 0 aromatic heterocycles. The van der Waals surface area contributed by atoms with Crippen LogP contribution in [0.1, 0.15) is 13.3 Å². The summed E-state index contributed by atoms with van der Waals surface area (Å²) in [5, 5.41) is 5.17. The van der Waals surface area contributed by atoms with E-state index in [-0.39, 0.29) is 18.4 Å². The molecular weight excluding hydrogens is 172 g/mol. The Labute approximate surface area is 76.8 Å². The van der Waals surface area contributed by atoms with Gasteiger partial charge in [0.2, 0.25) is 11.8 Å². The second-order valence-electron chi connectivity index (χ2n) is 3.31. The molecule has 0 bridgehead atoms. The van der Waals surface area contributed by atoms with Crippen molar-refractivity contribution in [3.8, 4) is 0 Å². The summed E-state index contributed by atoms with van der Waals surface area (Å²) < 4.78 is 4.88. The van der Waals surface area contributed by atoms with E-state index in [9.17, 15) is 9.59 Å². The van der Waals surface area contributed by atoms with E-state index < -0.39 is 5.54 Å². The molecule has 0 aromatic carbocycles. The first-order chi connectivity index (χ1) is 6.08. The lowest BCUT2D eigenvalue weighted by Gasteiger charge is -2.32. The number of ether oxygens (including phenoxy) is 1. The molecule has 5 nitrogen and oxygen atoms in total. The summed E-state index contributed by atoms with van der Waals surface area (Å²) in [6, 6.07) is 0. The second-order valence-corrected chi connectivity index (χ2v) is 3.31. The van der Waals surface area contributed by atoms with Gasteiger partial charge in [0.1, 0.15) is 0 Å². The third kappa shape index (κ3) is 2.26. The highest BCUT2D eigenvalue weighted by atomic mass is 16.5. The van der Waals surface area contributed by atoms with E-state index in [1.54, 1.807) is 14.0 Å². The third-order valence-corrected chi connectivity index (χ3v) is 2.20. The van der Waals surface area contributed by atoms with Gasteiger partial charge in [0.25, 0.3) is 0 Å². The van der Waals surface area contributed by atoms with Gasteiger partial charge in [-0.2, -0.15) is 0 Å². The Morgan fingerprint density at radius 1 is 1.54 bits per heavy atom. The second kappa shape index (κ2) is 3.85. The van der Waals surface area contributed by atoms with Gasteiger partial charge in [-0.15, -0.1) is 0 Å². The molecule has 1 heterocycles. The lowest BCUT2D eigenvalue weighted by molar-refractivity contribution is -0.138. The average molecular weight is 186 g/mol. The fourth-order valence-corrected chi connectivity index (χ4v) is 1.17. The van der Waals surface area contributed by atoms with E-state index in [0.717, 1.165) is 0 Å². The largest absolute Gasteiger partial charge is 0.385 e. The van der Waals surface area contributed by atoms with Crippen LogP contribution in [0.4, 0.5) is 0 Å². The van der Waals surface area contributed by atoms with Gasteiger partial charge in [-0.05, 0) is 13.3 Å². The standard InChI is InChI=1S/C8H14N2O3/c1-8(3-4-13-2)7(12)10-6(11)5-9-8/h9H,3-5H2,1-2H3,(H,10,11,12). The monoisotopic (exact) mass is 186 g/mol.